The molecule has 148 valence electrons. The molecule has 0 radical (unpaired) electrons. The number of hydrogen-bond donors (Lipinski definition) is 1. The molecule has 0 saturated carbocycles. The van der Waals surface area contributed by atoms with Crippen LogP contribution in [0.15, 0.2) is 41.8 Å². The predicted molar refractivity (Wildman–Crippen MR) is 111 cm³/mol. The van der Waals surface area contributed by atoms with Crippen LogP contribution in [0.5, 0.6) is 5.75 Å². The summed E-state index contributed by atoms with van der Waals surface area (Å²) in [6.45, 7) is 5.51. The topological polar surface area (TPSA) is 61.9 Å². The number of nitrogens with zero attached hydrogens (tertiary/aromatic N) is 2. The third-order valence-corrected chi connectivity index (χ3v) is 6.60. The SMILES string of the molecule is COc1ccc(N2CCN([C@H](c3cccs3)[C@@H](C)NS(C)(=O)=O)CC2)cc1. The third-order valence-electron chi connectivity index (χ3n) is 4.85. The van der Waals surface area contributed by atoms with Crippen LogP contribution in [0.1, 0.15) is 17.8 Å². The van der Waals surface area contributed by atoms with Gasteiger partial charge in [-0.2, -0.15) is 0 Å². The van der Waals surface area contributed by atoms with Crippen LogP contribution in [0.4, 0.5) is 5.69 Å². The van der Waals surface area contributed by atoms with E-state index in [0.717, 1.165) is 31.9 Å². The molecule has 2 aromatic rings. The first-order valence-corrected chi connectivity index (χ1v) is 11.8. The van der Waals surface area contributed by atoms with Gasteiger partial charge in [0.1, 0.15) is 5.75 Å². The molecule has 0 unspecified atom stereocenters. The lowest BCUT2D eigenvalue weighted by Crippen LogP contribution is -2.52. The number of hydrogen-bond acceptors (Lipinski definition) is 6. The molecule has 0 spiro atoms. The maximum absolute atomic E-state index is 11.7. The Morgan fingerprint density at radius 1 is 1.11 bits per heavy atom. The normalized spacial score (nSPS) is 18.3. The number of ether oxygens (including phenoxy) is 1. The minimum atomic E-state index is -3.25. The molecule has 1 aliphatic rings. The summed E-state index contributed by atoms with van der Waals surface area (Å²) in [7, 11) is -1.58. The van der Waals surface area contributed by atoms with E-state index in [9.17, 15) is 8.42 Å². The number of benzene rings is 1. The second-order valence-electron chi connectivity index (χ2n) is 6.86. The number of thiophene rings is 1. The monoisotopic (exact) mass is 409 g/mol. The van der Waals surface area contributed by atoms with E-state index in [1.807, 2.05) is 30.5 Å². The van der Waals surface area contributed by atoms with Crippen molar-refractivity contribution in [3.8, 4) is 5.75 Å². The van der Waals surface area contributed by atoms with Crippen LogP contribution in [0.3, 0.4) is 0 Å². The molecule has 27 heavy (non-hydrogen) atoms. The van der Waals surface area contributed by atoms with E-state index >= 15 is 0 Å². The molecule has 1 aliphatic heterocycles. The summed E-state index contributed by atoms with van der Waals surface area (Å²) in [5.74, 6) is 0.857. The number of sulfonamides is 1. The zero-order valence-electron chi connectivity index (χ0n) is 16.0. The van der Waals surface area contributed by atoms with Crippen LogP contribution in [-0.4, -0.2) is 58.9 Å². The Bertz CT molecular complexity index is 814. The molecular formula is C19H27N3O3S2. The second kappa shape index (κ2) is 8.60. The zero-order chi connectivity index (χ0) is 19.4. The smallest absolute Gasteiger partial charge is 0.209 e. The number of piperazine rings is 1. The molecule has 1 aromatic heterocycles. The lowest BCUT2D eigenvalue weighted by molar-refractivity contribution is 0.164. The van der Waals surface area contributed by atoms with Crippen molar-refractivity contribution in [1.29, 1.82) is 0 Å². The van der Waals surface area contributed by atoms with Crippen LogP contribution in [0.2, 0.25) is 0 Å². The van der Waals surface area contributed by atoms with Crippen molar-refractivity contribution in [3.05, 3.63) is 46.7 Å². The van der Waals surface area contributed by atoms with Crippen molar-refractivity contribution in [2.45, 2.75) is 19.0 Å². The quantitative estimate of drug-likeness (QED) is 0.762. The molecule has 0 aliphatic carbocycles. The Morgan fingerprint density at radius 2 is 1.78 bits per heavy atom. The van der Waals surface area contributed by atoms with E-state index in [2.05, 4.69) is 32.7 Å². The zero-order valence-corrected chi connectivity index (χ0v) is 17.6. The van der Waals surface area contributed by atoms with E-state index in [1.54, 1.807) is 18.4 Å². The number of rotatable bonds is 7. The van der Waals surface area contributed by atoms with E-state index in [0.29, 0.717) is 0 Å². The van der Waals surface area contributed by atoms with Gasteiger partial charge in [0.2, 0.25) is 10.0 Å². The van der Waals surface area contributed by atoms with Crippen LogP contribution >= 0.6 is 11.3 Å². The number of nitrogens with one attached hydrogen (secondary N) is 1. The lowest BCUT2D eigenvalue weighted by Gasteiger charge is -2.42. The van der Waals surface area contributed by atoms with Gasteiger partial charge < -0.3 is 9.64 Å². The van der Waals surface area contributed by atoms with Crippen molar-refractivity contribution < 1.29 is 13.2 Å². The van der Waals surface area contributed by atoms with Gasteiger partial charge in [0.15, 0.2) is 0 Å². The fraction of sp³-hybridized carbons (Fsp3) is 0.474. The summed E-state index contributed by atoms with van der Waals surface area (Å²) in [4.78, 5) is 5.93. The van der Waals surface area contributed by atoms with Crippen molar-refractivity contribution in [3.63, 3.8) is 0 Å². The first kappa shape index (κ1) is 20.1. The molecule has 8 heteroatoms. The Labute approximate surface area is 165 Å². The maximum Gasteiger partial charge on any atom is 0.209 e. The first-order chi connectivity index (χ1) is 12.9. The summed E-state index contributed by atoms with van der Waals surface area (Å²) < 4.78 is 31.5. The molecule has 1 aromatic carbocycles. The standard InChI is InChI=1S/C19H27N3O3S2/c1-15(20-27(3,23)24)19(18-5-4-14-26-18)22-12-10-21(11-13-22)16-6-8-17(25-2)9-7-16/h4-9,14-15,19-20H,10-13H2,1-3H3/t15-,19+/m1/s1. The Kier molecular flexibility index (Phi) is 6.41. The van der Waals surface area contributed by atoms with Gasteiger partial charge >= 0.3 is 0 Å². The van der Waals surface area contributed by atoms with Crippen molar-refractivity contribution in [1.82, 2.24) is 9.62 Å². The summed E-state index contributed by atoms with van der Waals surface area (Å²) in [5, 5.41) is 2.04. The molecule has 0 bridgehead atoms. The molecule has 2 atom stereocenters. The van der Waals surface area contributed by atoms with Gasteiger partial charge in [-0.15, -0.1) is 11.3 Å². The van der Waals surface area contributed by atoms with Crippen LogP contribution in [0, 0.1) is 0 Å². The average molecular weight is 410 g/mol. The lowest BCUT2D eigenvalue weighted by atomic mass is 10.1. The highest BCUT2D eigenvalue weighted by Gasteiger charge is 2.31. The third kappa shape index (κ3) is 5.22. The van der Waals surface area contributed by atoms with Crippen LogP contribution < -0.4 is 14.4 Å². The van der Waals surface area contributed by atoms with Crippen molar-refractivity contribution in [2.75, 3.05) is 44.4 Å². The van der Waals surface area contributed by atoms with Gasteiger partial charge in [-0.3, -0.25) is 4.90 Å². The molecule has 3 rings (SSSR count). The second-order valence-corrected chi connectivity index (χ2v) is 9.62. The van der Waals surface area contributed by atoms with Gasteiger partial charge in [-0.05, 0) is 42.6 Å². The van der Waals surface area contributed by atoms with Crippen LogP contribution in [-0.2, 0) is 10.0 Å². The maximum atomic E-state index is 11.7. The largest absolute Gasteiger partial charge is 0.497 e. The van der Waals surface area contributed by atoms with E-state index in [-0.39, 0.29) is 12.1 Å². The minimum Gasteiger partial charge on any atom is -0.497 e. The summed E-state index contributed by atoms with van der Waals surface area (Å²) in [5.41, 5.74) is 1.19. The van der Waals surface area contributed by atoms with E-state index in [1.165, 1.54) is 16.8 Å². The highest BCUT2D eigenvalue weighted by atomic mass is 32.2. The van der Waals surface area contributed by atoms with E-state index in [4.69, 9.17) is 4.74 Å². The molecule has 2 heterocycles. The van der Waals surface area contributed by atoms with Gasteiger partial charge in [0.05, 0.1) is 19.4 Å². The predicted octanol–water partition coefficient (Wildman–Crippen LogP) is 2.56. The molecular weight excluding hydrogens is 382 g/mol. The van der Waals surface area contributed by atoms with Gasteiger partial charge in [0, 0.05) is 42.8 Å². The highest BCUT2D eigenvalue weighted by Crippen LogP contribution is 2.30. The summed E-state index contributed by atoms with van der Waals surface area (Å²) in [6, 6.07) is 12.1. The van der Waals surface area contributed by atoms with Gasteiger partial charge in [0.25, 0.3) is 0 Å². The van der Waals surface area contributed by atoms with Crippen molar-refractivity contribution >= 4 is 27.0 Å². The van der Waals surface area contributed by atoms with E-state index < -0.39 is 10.0 Å². The Balaban J connectivity index is 1.70. The van der Waals surface area contributed by atoms with Gasteiger partial charge in [-0.1, -0.05) is 6.07 Å². The summed E-state index contributed by atoms with van der Waals surface area (Å²) in [6.07, 6.45) is 1.22. The molecule has 1 fully saturated rings. The molecule has 6 nitrogen and oxygen atoms in total. The highest BCUT2D eigenvalue weighted by molar-refractivity contribution is 7.88. The Morgan fingerprint density at radius 3 is 2.30 bits per heavy atom. The average Bonchev–Trinajstić information content (AvgIpc) is 3.15. The van der Waals surface area contributed by atoms with Gasteiger partial charge in [-0.25, -0.2) is 13.1 Å². The molecule has 0 amide bonds. The number of methoxy groups -OCH3 is 1. The Hall–Kier alpha value is -1.61. The fourth-order valence-corrected chi connectivity index (χ4v) is 5.42. The fourth-order valence-electron chi connectivity index (χ4n) is 3.66. The number of anilines is 1. The molecule has 1 N–H and O–H groups in total. The summed E-state index contributed by atoms with van der Waals surface area (Å²) >= 11 is 1.68. The van der Waals surface area contributed by atoms with Crippen molar-refractivity contribution in [2.24, 2.45) is 0 Å². The molecule has 1 saturated heterocycles. The minimum absolute atomic E-state index is 0.0396. The van der Waals surface area contributed by atoms with Crippen LogP contribution in [0.25, 0.3) is 0 Å². The first-order valence-electron chi connectivity index (χ1n) is 9.01.